The molecule has 0 saturated heterocycles. The first kappa shape index (κ1) is 13.4. The lowest BCUT2D eigenvalue weighted by molar-refractivity contribution is 0.475. The van der Waals surface area contributed by atoms with Crippen molar-refractivity contribution in [1.82, 2.24) is 9.97 Å². The number of hydrogen-bond acceptors (Lipinski definition) is 3. The number of pyridine rings is 1. The lowest BCUT2D eigenvalue weighted by Crippen LogP contribution is -1.92. The molecule has 0 aliphatic carbocycles. The van der Waals surface area contributed by atoms with Crippen molar-refractivity contribution in [3.63, 3.8) is 0 Å². The second-order valence-corrected chi connectivity index (χ2v) is 5.38. The van der Waals surface area contributed by atoms with E-state index in [1.807, 2.05) is 24.5 Å². The molecule has 4 rings (SSSR count). The van der Waals surface area contributed by atoms with Crippen LogP contribution in [0.25, 0.3) is 22.0 Å². The van der Waals surface area contributed by atoms with Crippen molar-refractivity contribution in [3.8, 4) is 16.9 Å². The normalized spacial score (nSPS) is 10.8. The average Bonchev–Trinajstić information content (AvgIpc) is 3.03. The Morgan fingerprint density at radius 2 is 1.83 bits per heavy atom. The van der Waals surface area contributed by atoms with E-state index in [4.69, 9.17) is 0 Å². The molecule has 0 amide bonds. The minimum Gasteiger partial charge on any atom is -0.508 e. The maximum Gasteiger partial charge on any atom is 0.117 e. The minimum atomic E-state index is 0.233. The van der Waals surface area contributed by atoms with Crippen LogP contribution in [0.2, 0.25) is 0 Å². The summed E-state index contributed by atoms with van der Waals surface area (Å²) in [6.07, 6.45) is 5.57. The van der Waals surface area contributed by atoms with Crippen LogP contribution in [0.3, 0.4) is 0 Å². The van der Waals surface area contributed by atoms with Crippen LogP contribution in [0.15, 0.2) is 73.2 Å². The van der Waals surface area contributed by atoms with E-state index in [-0.39, 0.29) is 5.75 Å². The van der Waals surface area contributed by atoms with E-state index in [1.54, 1.807) is 24.4 Å². The zero-order chi connectivity index (χ0) is 15.6. The minimum absolute atomic E-state index is 0.233. The van der Waals surface area contributed by atoms with Gasteiger partial charge in [0, 0.05) is 40.6 Å². The number of rotatable bonds is 3. The van der Waals surface area contributed by atoms with Gasteiger partial charge in [0.05, 0.1) is 11.9 Å². The Bertz CT molecular complexity index is 975. The molecule has 2 aromatic carbocycles. The van der Waals surface area contributed by atoms with Crippen LogP contribution >= 0.6 is 0 Å². The summed E-state index contributed by atoms with van der Waals surface area (Å²) in [6, 6.07) is 17.3. The number of nitrogens with zero attached hydrogens (tertiary/aromatic N) is 1. The van der Waals surface area contributed by atoms with Crippen molar-refractivity contribution in [2.45, 2.75) is 0 Å². The standard InChI is InChI=1S/C19H15N3O/c23-16-4-1-3-14(10-16)22-15-9-13(11-20-12-15)17-5-2-6-19-18(17)7-8-21-19/h1-12,21-23H. The molecule has 23 heavy (non-hydrogen) atoms. The zero-order valence-corrected chi connectivity index (χ0v) is 12.3. The van der Waals surface area contributed by atoms with Gasteiger partial charge in [0.25, 0.3) is 0 Å². The van der Waals surface area contributed by atoms with E-state index in [0.717, 1.165) is 28.0 Å². The predicted molar refractivity (Wildman–Crippen MR) is 92.9 cm³/mol. The average molecular weight is 301 g/mol. The lowest BCUT2D eigenvalue weighted by atomic mass is 10.0. The van der Waals surface area contributed by atoms with E-state index in [1.165, 1.54) is 5.39 Å². The van der Waals surface area contributed by atoms with E-state index in [9.17, 15) is 5.11 Å². The molecule has 112 valence electrons. The Morgan fingerprint density at radius 1 is 0.913 bits per heavy atom. The second-order valence-electron chi connectivity index (χ2n) is 5.38. The fourth-order valence-corrected chi connectivity index (χ4v) is 2.74. The molecule has 4 nitrogen and oxygen atoms in total. The van der Waals surface area contributed by atoms with Gasteiger partial charge in [-0.05, 0) is 35.9 Å². The summed E-state index contributed by atoms with van der Waals surface area (Å²) in [4.78, 5) is 7.56. The van der Waals surface area contributed by atoms with Crippen LogP contribution < -0.4 is 5.32 Å². The summed E-state index contributed by atoms with van der Waals surface area (Å²) in [6.45, 7) is 0. The molecule has 2 aromatic heterocycles. The van der Waals surface area contributed by atoms with Crippen LogP contribution in [0.5, 0.6) is 5.75 Å². The number of aromatic hydroxyl groups is 1. The monoisotopic (exact) mass is 301 g/mol. The number of phenols is 1. The lowest BCUT2D eigenvalue weighted by Gasteiger charge is -2.09. The molecule has 2 heterocycles. The summed E-state index contributed by atoms with van der Waals surface area (Å²) in [5.41, 5.74) is 4.98. The fourth-order valence-electron chi connectivity index (χ4n) is 2.74. The van der Waals surface area contributed by atoms with Gasteiger partial charge >= 0.3 is 0 Å². The number of aromatic nitrogens is 2. The van der Waals surface area contributed by atoms with E-state index >= 15 is 0 Å². The van der Waals surface area contributed by atoms with E-state index < -0.39 is 0 Å². The summed E-state index contributed by atoms with van der Waals surface area (Å²) in [7, 11) is 0. The predicted octanol–water partition coefficient (Wildman–Crippen LogP) is 4.68. The molecule has 0 saturated carbocycles. The van der Waals surface area contributed by atoms with Gasteiger partial charge in [-0.25, -0.2) is 0 Å². The highest BCUT2D eigenvalue weighted by Gasteiger charge is 2.06. The number of aromatic amines is 1. The maximum absolute atomic E-state index is 9.56. The molecule has 0 bridgehead atoms. The third-order valence-electron chi connectivity index (χ3n) is 3.78. The van der Waals surface area contributed by atoms with Gasteiger partial charge in [-0.2, -0.15) is 0 Å². The molecule has 0 fully saturated rings. The van der Waals surface area contributed by atoms with Crippen molar-refractivity contribution >= 4 is 22.3 Å². The molecule has 0 aliphatic rings. The summed E-state index contributed by atoms with van der Waals surface area (Å²) in [5, 5.41) is 14.0. The quantitative estimate of drug-likeness (QED) is 0.515. The van der Waals surface area contributed by atoms with Gasteiger partial charge < -0.3 is 15.4 Å². The van der Waals surface area contributed by atoms with E-state index in [2.05, 4.69) is 39.6 Å². The van der Waals surface area contributed by atoms with Crippen LogP contribution in [0.4, 0.5) is 11.4 Å². The van der Waals surface area contributed by atoms with Crippen molar-refractivity contribution in [1.29, 1.82) is 0 Å². The molecule has 0 spiro atoms. The second kappa shape index (κ2) is 5.50. The fraction of sp³-hybridized carbons (Fsp3) is 0. The third kappa shape index (κ3) is 2.62. The Labute approximate surface area is 133 Å². The molecule has 0 atom stereocenters. The molecule has 0 radical (unpaired) electrons. The number of H-pyrrole nitrogens is 1. The Hall–Kier alpha value is -3.27. The molecular formula is C19H15N3O. The van der Waals surface area contributed by atoms with Crippen molar-refractivity contribution < 1.29 is 5.11 Å². The number of phenolic OH excluding ortho intramolecular Hbond substituents is 1. The van der Waals surface area contributed by atoms with Gasteiger partial charge in [-0.3, -0.25) is 4.98 Å². The van der Waals surface area contributed by atoms with Crippen LogP contribution in [-0.2, 0) is 0 Å². The number of benzene rings is 2. The van der Waals surface area contributed by atoms with Gasteiger partial charge in [0.15, 0.2) is 0 Å². The van der Waals surface area contributed by atoms with Crippen molar-refractivity contribution in [3.05, 3.63) is 73.2 Å². The molecule has 4 aromatic rings. The van der Waals surface area contributed by atoms with Gasteiger partial charge in [0.2, 0.25) is 0 Å². The molecule has 4 heteroatoms. The summed E-state index contributed by atoms with van der Waals surface area (Å²) in [5.74, 6) is 0.233. The first-order chi connectivity index (χ1) is 11.3. The van der Waals surface area contributed by atoms with Gasteiger partial charge in [0.1, 0.15) is 5.75 Å². The molecule has 0 aliphatic heterocycles. The topological polar surface area (TPSA) is 60.9 Å². The smallest absolute Gasteiger partial charge is 0.117 e. The molecule has 3 N–H and O–H groups in total. The summed E-state index contributed by atoms with van der Waals surface area (Å²) < 4.78 is 0. The third-order valence-corrected chi connectivity index (χ3v) is 3.78. The first-order valence-corrected chi connectivity index (χ1v) is 7.37. The summed E-state index contributed by atoms with van der Waals surface area (Å²) >= 11 is 0. The molecular weight excluding hydrogens is 286 g/mol. The van der Waals surface area contributed by atoms with Crippen molar-refractivity contribution in [2.24, 2.45) is 0 Å². The van der Waals surface area contributed by atoms with Gasteiger partial charge in [-0.15, -0.1) is 0 Å². The van der Waals surface area contributed by atoms with Crippen LogP contribution in [0.1, 0.15) is 0 Å². The highest BCUT2D eigenvalue weighted by atomic mass is 16.3. The SMILES string of the molecule is Oc1cccc(Nc2cncc(-c3cccc4[nH]ccc34)c2)c1. The Morgan fingerprint density at radius 3 is 2.74 bits per heavy atom. The largest absolute Gasteiger partial charge is 0.508 e. The number of nitrogens with one attached hydrogen (secondary N) is 2. The van der Waals surface area contributed by atoms with Crippen molar-refractivity contribution in [2.75, 3.05) is 5.32 Å². The highest BCUT2D eigenvalue weighted by molar-refractivity contribution is 5.95. The Kier molecular flexibility index (Phi) is 3.20. The highest BCUT2D eigenvalue weighted by Crippen LogP contribution is 2.30. The Balaban J connectivity index is 1.73. The van der Waals surface area contributed by atoms with Crippen LogP contribution in [0, 0.1) is 0 Å². The number of hydrogen-bond donors (Lipinski definition) is 3. The first-order valence-electron chi connectivity index (χ1n) is 7.37. The van der Waals surface area contributed by atoms with E-state index in [0.29, 0.717) is 0 Å². The van der Waals surface area contributed by atoms with Gasteiger partial charge in [-0.1, -0.05) is 18.2 Å². The van der Waals surface area contributed by atoms with Crippen LogP contribution in [-0.4, -0.2) is 15.1 Å². The maximum atomic E-state index is 9.56. The number of fused-ring (bicyclic) bond motifs is 1. The zero-order valence-electron chi connectivity index (χ0n) is 12.3. The number of anilines is 2. The molecule has 0 unspecified atom stereocenters.